The second kappa shape index (κ2) is 9.72. The van der Waals surface area contributed by atoms with Crippen LogP contribution in [0.4, 0.5) is 0 Å². The van der Waals surface area contributed by atoms with Gasteiger partial charge in [-0.2, -0.15) is 0 Å². The van der Waals surface area contributed by atoms with E-state index in [1.54, 1.807) is 4.90 Å². The summed E-state index contributed by atoms with van der Waals surface area (Å²) in [6.07, 6.45) is 6.69. The largest absolute Gasteiger partial charge is 0.494 e. The Morgan fingerprint density at radius 1 is 1.09 bits per heavy atom. The molecule has 1 aromatic heterocycles. The molecule has 3 aromatic rings. The van der Waals surface area contributed by atoms with Crippen molar-refractivity contribution >= 4 is 22.8 Å². The average Bonchev–Trinajstić information content (AvgIpc) is 3.03. The first kappa shape index (κ1) is 23.4. The van der Waals surface area contributed by atoms with Crippen molar-refractivity contribution in [3.05, 3.63) is 59.9 Å². The summed E-state index contributed by atoms with van der Waals surface area (Å²) in [4.78, 5) is 34.1. The lowest BCUT2D eigenvalue weighted by Crippen LogP contribution is -2.64. The van der Waals surface area contributed by atoms with Gasteiger partial charge in [-0.05, 0) is 56.5 Å². The van der Waals surface area contributed by atoms with Crippen LogP contribution >= 0.6 is 0 Å². The molecule has 1 aliphatic heterocycles. The van der Waals surface area contributed by atoms with Gasteiger partial charge in [0.1, 0.15) is 11.3 Å². The molecule has 2 aliphatic rings. The lowest BCUT2D eigenvalue weighted by molar-refractivity contribution is -0.134. The SMILES string of the molecule is CCOc1ccc(CN2C(=O)c3nc4ccccc4n3C[C@@]2(C)C(=O)NC2CCCCCC2)cc1. The van der Waals surface area contributed by atoms with Gasteiger partial charge in [-0.1, -0.05) is 49.9 Å². The summed E-state index contributed by atoms with van der Waals surface area (Å²) >= 11 is 0. The zero-order valence-corrected chi connectivity index (χ0v) is 20.6. The van der Waals surface area contributed by atoms with E-state index in [2.05, 4.69) is 10.3 Å². The number of hydrogen-bond donors (Lipinski definition) is 1. The van der Waals surface area contributed by atoms with Crippen molar-refractivity contribution in [2.24, 2.45) is 0 Å². The lowest BCUT2D eigenvalue weighted by Gasteiger charge is -2.44. The Balaban J connectivity index is 1.50. The normalized spacial score (nSPS) is 21.0. The van der Waals surface area contributed by atoms with Crippen molar-refractivity contribution < 1.29 is 14.3 Å². The molecule has 1 aliphatic carbocycles. The van der Waals surface area contributed by atoms with Gasteiger partial charge in [0, 0.05) is 12.6 Å². The molecule has 0 radical (unpaired) electrons. The molecular weight excluding hydrogens is 440 g/mol. The first-order chi connectivity index (χ1) is 17.0. The highest BCUT2D eigenvalue weighted by Crippen LogP contribution is 2.32. The zero-order chi connectivity index (χ0) is 24.4. The van der Waals surface area contributed by atoms with E-state index >= 15 is 0 Å². The second-order valence-electron chi connectivity index (χ2n) is 9.91. The molecule has 1 saturated carbocycles. The van der Waals surface area contributed by atoms with E-state index in [9.17, 15) is 9.59 Å². The summed E-state index contributed by atoms with van der Waals surface area (Å²) in [5.41, 5.74) is 1.55. The number of carbonyl (C=O) groups excluding carboxylic acids is 2. The van der Waals surface area contributed by atoms with Gasteiger partial charge in [0.2, 0.25) is 5.91 Å². The first-order valence-corrected chi connectivity index (χ1v) is 12.8. The maximum absolute atomic E-state index is 13.9. The van der Waals surface area contributed by atoms with E-state index in [1.165, 1.54) is 12.8 Å². The van der Waals surface area contributed by atoms with Crippen molar-refractivity contribution in [2.75, 3.05) is 6.61 Å². The quantitative estimate of drug-likeness (QED) is 0.526. The van der Waals surface area contributed by atoms with Gasteiger partial charge < -0.3 is 19.5 Å². The molecule has 35 heavy (non-hydrogen) atoms. The van der Waals surface area contributed by atoms with E-state index in [1.807, 2.05) is 66.9 Å². The molecule has 0 bridgehead atoms. The Hall–Kier alpha value is -3.35. The van der Waals surface area contributed by atoms with Crippen LogP contribution in [0.3, 0.4) is 0 Å². The van der Waals surface area contributed by atoms with Crippen molar-refractivity contribution in [3.8, 4) is 5.75 Å². The molecule has 5 rings (SSSR count). The molecule has 0 unspecified atom stereocenters. The van der Waals surface area contributed by atoms with Crippen LogP contribution in [-0.2, 0) is 17.9 Å². The predicted molar refractivity (Wildman–Crippen MR) is 135 cm³/mol. The molecule has 7 nitrogen and oxygen atoms in total. The summed E-state index contributed by atoms with van der Waals surface area (Å²) in [5.74, 6) is 0.862. The Bertz CT molecular complexity index is 1210. The molecule has 2 aromatic carbocycles. The third kappa shape index (κ3) is 4.51. The van der Waals surface area contributed by atoms with Gasteiger partial charge in [-0.3, -0.25) is 9.59 Å². The minimum atomic E-state index is -1.04. The monoisotopic (exact) mass is 474 g/mol. The van der Waals surface area contributed by atoms with Crippen LogP contribution < -0.4 is 10.1 Å². The van der Waals surface area contributed by atoms with E-state index < -0.39 is 5.54 Å². The van der Waals surface area contributed by atoms with E-state index in [-0.39, 0.29) is 17.9 Å². The predicted octanol–water partition coefficient (Wildman–Crippen LogP) is 4.69. The van der Waals surface area contributed by atoms with Crippen molar-refractivity contribution in [3.63, 3.8) is 0 Å². The van der Waals surface area contributed by atoms with E-state index in [4.69, 9.17) is 4.74 Å². The molecular formula is C28H34N4O3. The summed E-state index contributed by atoms with van der Waals surface area (Å²) in [6.45, 7) is 5.13. The van der Waals surface area contributed by atoms with Gasteiger partial charge in [-0.25, -0.2) is 4.98 Å². The topological polar surface area (TPSA) is 76.5 Å². The van der Waals surface area contributed by atoms with Crippen molar-refractivity contribution in [1.29, 1.82) is 0 Å². The maximum Gasteiger partial charge on any atom is 0.291 e. The van der Waals surface area contributed by atoms with Gasteiger partial charge in [0.05, 0.1) is 24.2 Å². The number of rotatable bonds is 6. The molecule has 1 fully saturated rings. The van der Waals surface area contributed by atoms with Gasteiger partial charge in [0.15, 0.2) is 5.82 Å². The second-order valence-corrected chi connectivity index (χ2v) is 9.91. The molecule has 1 atom stereocenters. The first-order valence-electron chi connectivity index (χ1n) is 12.8. The molecule has 2 amide bonds. The number of imidazole rings is 1. The van der Waals surface area contributed by atoms with Crippen LogP contribution in [0.2, 0.25) is 0 Å². The van der Waals surface area contributed by atoms with Crippen LogP contribution in [0, 0.1) is 0 Å². The van der Waals surface area contributed by atoms with Crippen molar-refractivity contribution in [1.82, 2.24) is 19.8 Å². The Labute approximate surface area is 206 Å². The zero-order valence-electron chi connectivity index (χ0n) is 20.6. The molecule has 2 heterocycles. The Morgan fingerprint density at radius 2 is 1.80 bits per heavy atom. The minimum absolute atomic E-state index is 0.0906. The van der Waals surface area contributed by atoms with Gasteiger partial charge >= 0.3 is 0 Å². The summed E-state index contributed by atoms with van der Waals surface area (Å²) in [6, 6.07) is 15.6. The van der Waals surface area contributed by atoms with Crippen LogP contribution in [0.15, 0.2) is 48.5 Å². The van der Waals surface area contributed by atoms with Crippen LogP contribution in [0.25, 0.3) is 11.0 Å². The molecule has 184 valence electrons. The average molecular weight is 475 g/mol. The highest BCUT2D eigenvalue weighted by atomic mass is 16.5. The standard InChI is InChI=1S/C28H34N4O3/c1-3-35-22-16-14-20(15-17-22)18-32-26(33)25-30-23-12-8-9-13-24(23)31(25)19-28(32,2)27(34)29-21-10-6-4-5-7-11-21/h8-9,12-17,21H,3-7,10-11,18-19H2,1-2H3,(H,29,34)/t28-/m0/s1. The lowest BCUT2D eigenvalue weighted by atomic mass is 9.93. The fraction of sp³-hybridized carbons (Fsp3) is 0.464. The highest BCUT2D eigenvalue weighted by Gasteiger charge is 2.48. The van der Waals surface area contributed by atoms with Crippen LogP contribution in [-0.4, -0.2) is 44.5 Å². The molecule has 1 N–H and O–H groups in total. The highest BCUT2D eigenvalue weighted by molar-refractivity contribution is 6.01. The number of para-hydroxylation sites is 2. The number of hydrogen-bond acceptors (Lipinski definition) is 4. The summed E-state index contributed by atoms with van der Waals surface area (Å²) in [7, 11) is 0. The summed E-state index contributed by atoms with van der Waals surface area (Å²) < 4.78 is 7.48. The fourth-order valence-corrected chi connectivity index (χ4v) is 5.38. The Kier molecular flexibility index (Phi) is 6.50. The number of benzene rings is 2. The molecule has 0 saturated heterocycles. The third-order valence-corrected chi connectivity index (χ3v) is 7.41. The number of nitrogens with one attached hydrogen (secondary N) is 1. The number of nitrogens with zero attached hydrogens (tertiary/aromatic N) is 3. The van der Waals surface area contributed by atoms with E-state index in [0.717, 1.165) is 48.0 Å². The smallest absolute Gasteiger partial charge is 0.291 e. The van der Waals surface area contributed by atoms with Crippen molar-refractivity contribution in [2.45, 2.75) is 77.0 Å². The molecule has 0 spiro atoms. The van der Waals surface area contributed by atoms with Crippen LogP contribution in [0.1, 0.15) is 68.6 Å². The maximum atomic E-state index is 13.9. The minimum Gasteiger partial charge on any atom is -0.494 e. The number of fused-ring (bicyclic) bond motifs is 3. The number of amides is 2. The van der Waals surface area contributed by atoms with Gasteiger partial charge in [0.25, 0.3) is 5.91 Å². The fourth-order valence-electron chi connectivity index (χ4n) is 5.38. The Morgan fingerprint density at radius 3 is 2.51 bits per heavy atom. The number of carbonyl (C=O) groups is 2. The third-order valence-electron chi connectivity index (χ3n) is 7.41. The van der Waals surface area contributed by atoms with Gasteiger partial charge in [-0.15, -0.1) is 0 Å². The number of ether oxygens (including phenoxy) is 1. The van der Waals surface area contributed by atoms with Crippen LogP contribution in [0.5, 0.6) is 5.75 Å². The molecule has 7 heteroatoms. The number of aromatic nitrogens is 2. The summed E-state index contributed by atoms with van der Waals surface area (Å²) in [5, 5.41) is 3.32. The van der Waals surface area contributed by atoms with E-state index in [0.29, 0.717) is 25.5 Å².